The molecule has 2 aromatic carbocycles. The fraction of sp³-hybridized carbons (Fsp3) is 0.368. The number of hydrogen-bond donors (Lipinski definition) is 1. The second-order valence-corrected chi connectivity index (χ2v) is 6.29. The van der Waals surface area contributed by atoms with Gasteiger partial charge in [-0.3, -0.25) is 0 Å². The summed E-state index contributed by atoms with van der Waals surface area (Å²) in [4.78, 5) is 0. The smallest absolute Gasteiger partial charge is 0.0205 e. The lowest BCUT2D eigenvalue weighted by molar-refractivity contribution is 0.110. The molecule has 2 aromatic rings. The molecule has 0 heterocycles. The van der Waals surface area contributed by atoms with Crippen molar-refractivity contribution in [1.29, 1.82) is 0 Å². The Morgan fingerprint density at radius 1 is 0.950 bits per heavy atom. The zero-order chi connectivity index (χ0) is 13.4. The Morgan fingerprint density at radius 2 is 1.75 bits per heavy atom. The molecule has 2 aliphatic rings. The highest BCUT2D eigenvalue weighted by Crippen LogP contribution is 2.53. The summed E-state index contributed by atoms with van der Waals surface area (Å²) in [7, 11) is 0. The normalized spacial score (nSPS) is 26.7. The summed E-state index contributed by atoms with van der Waals surface area (Å²) < 4.78 is 0. The van der Waals surface area contributed by atoms with E-state index in [4.69, 9.17) is 0 Å². The van der Waals surface area contributed by atoms with Gasteiger partial charge < -0.3 is 5.32 Å². The van der Waals surface area contributed by atoms with Crippen molar-refractivity contribution in [3.8, 4) is 0 Å². The molecule has 4 rings (SSSR count). The molecule has 20 heavy (non-hydrogen) atoms. The Labute approximate surface area is 121 Å². The third-order valence-electron chi connectivity index (χ3n) is 5.17. The maximum absolute atomic E-state index is 3.66. The van der Waals surface area contributed by atoms with Gasteiger partial charge in [-0.15, -0.1) is 0 Å². The zero-order valence-electron chi connectivity index (χ0n) is 11.8. The van der Waals surface area contributed by atoms with Crippen molar-refractivity contribution in [3.63, 3.8) is 0 Å². The quantitative estimate of drug-likeness (QED) is 0.886. The lowest BCUT2D eigenvalue weighted by Gasteiger charge is -2.50. The van der Waals surface area contributed by atoms with E-state index in [1.807, 2.05) is 0 Å². The summed E-state index contributed by atoms with van der Waals surface area (Å²) in [6, 6.07) is 19.8. The highest BCUT2D eigenvalue weighted by atomic mass is 14.9. The molecule has 0 spiro atoms. The Hall–Kier alpha value is -1.60. The lowest BCUT2D eigenvalue weighted by Crippen LogP contribution is -2.46. The van der Waals surface area contributed by atoms with E-state index in [1.165, 1.54) is 24.9 Å². The number of nitrogens with one attached hydrogen (secondary N) is 1. The first-order chi connectivity index (χ1) is 9.92. The van der Waals surface area contributed by atoms with Gasteiger partial charge in [0.15, 0.2) is 0 Å². The number of fused-ring (bicyclic) bond motifs is 4. The van der Waals surface area contributed by atoms with Crippen molar-refractivity contribution in [3.05, 3.63) is 71.3 Å². The molecule has 0 aliphatic heterocycles. The molecule has 2 bridgehead atoms. The maximum Gasteiger partial charge on any atom is 0.0205 e. The summed E-state index contributed by atoms with van der Waals surface area (Å²) in [5.41, 5.74) is 4.62. The van der Waals surface area contributed by atoms with Crippen molar-refractivity contribution >= 4 is 0 Å². The summed E-state index contributed by atoms with van der Waals surface area (Å²) in [6.45, 7) is 2.16. The zero-order valence-corrected chi connectivity index (χ0v) is 11.8. The van der Waals surface area contributed by atoms with E-state index in [0.29, 0.717) is 0 Å². The van der Waals surface area contributed by atoms with Crippen molar-refractivity contribution < 1.29 is 0 Å². The first kappa shape index (κ1) is 12.2. The van der Waals surface area contributed by atoms with Gasteiger partial charge in [0.25, 0.3) is 0 Å². The largest absolute Gasteiger partial charge is 0.312 e. The van der Waals surface area contributed by atoms with Crippen molar-refractivity contribution in [2.45, 2.75) is 25.3 Å². The molecule has 1 saturated carbocycles. The van der Waals surface area contributed by atoms with E-state index < -0.39 is 0 Å². The summed E-state index contributed by atoms with van der Waals surface area (Å²) in [5.74, 6) is 2.58. The Bertz CT molecular complexity index is 590. The third kappa shape index (κ3) is 2.06. The number of rotatable bonds is 4. The van der Waals surface area contributed by atoms with Crippen LogP contribution in [-0.2, 0) is 13.0 Å². The van der Waals surface area contributed by atoms with Gasteiger partial charge in [-0.05, 0) is 53.8 Å². The summed E-state index contributed by atoms with van der Waals surface area (Å²) in [5, 5.41) is 3.66. The van der Waals surface area contributed by atoms with Crippen LogP contribution in [0, 0.1) is 11.8 Å². The molecule has 3 unspecified atom stereocenters. The van der Waals surface area contributed by atoms with Crippen LogP contribution in [0.5, 0.6) is 0 Å². The van der Waals surface area contributed by atoms with Gasteiger partial charge in [-0.1, -0.05) is 54.6 Å². The van der Waals surface area contributed by atoms with E-state index >= 15 is 0 Å². The summed E-state index contributed by atoms with van der Waals surface area (Å²) >= 11 is 0. The average Bonchev–Trinajstić information content (AvgIpc) is 2.51. The third-order valence-corrected chi connectivity index (χ3v) is 5.17. The molecule has 1 N–H and O–H groups in total. The number of benzene rings is 2. The molecular weight excluding hydrogens is 242 g/mol. The van der Waals surface area contributed by atoms with Crippen LogP contribution in [0.1, 0.15) is 29.0 Å². The topological polar surface area (TPSA) is 12.0 Å². The van der Waals surface area contributed by atoms with Gasteiger partial charge in [0.1, 0.15) is 0 Å². The van der Waals surface area contributed by atoms with Crippen molar-refractivity contribution in [2.75, 3.05) is 6.54 Å². The molecule has 102 valence electrons. The molecule has 0 aromatic heterocycles. The van der Waals surface area contributed by atoms with Crippen LogP contribution in [0.25, 0.3) is 0 Å². The summed E-state index contributed by atoms with van der Waals surface area (Å²) in [6.07, 6.45) is 2.71. The van der Waals surface area contributed by atoms with Gasteiger partial charge >= 0.3 is 0 Å². The first-order valence-electron chi connectivity index (χ1n) is 7.74. The molecule has 2 aliphatic carbocycles. The molecule has 0 saturated heterocycles. The van der Waals surface area contributed by atoms with Gasteiger partial charge in [-0.25, -0.2) is 0 Å². The molecule has 1 nitrogen and oxygen atoms in total. The first-order valence-corrected chi connectivity index (χ1v) is 7.74. The highest BCUT2D eigenvalue weighted by molar-refractivity contribution is 5.38. The highest BCUT2D eigenvalue weighted by Gasteiger charge is 2.45. The van der Waals surface area contributed by atoms with Crippen LogP contribution in [0.15, 0.2) is 54.6 Å². The fourth-order valence-electron chi connectivity index (χ4n) is 4.05. The van der Waals surface area contributed by atoms with E-state index in [2.05, 4.69) is 59.9 Å². The molecule has 3 atom stereocenters. The Kier molecular flexibility index (Phi) is 3.08. The number of hydrogen-bond acceptors (Lipinski definition) is 1. The second-order valence-electron chi connectivity index (χ2n) is 6.29. The van der Waals surface area contributed by atoms with Crippen molar-refractivity contribution in [2.24, 2.45) is 11.8 Å². The predicted octanol–water partition coefficient (Wildman–Crippen LogP) is 3.75. The minimum atomic E-state index is 0.813. The van der Waals surface area contributed by atoms with Crippen LogP contribution in [0.2, 0.25) is 0 Å². The Balaban J connectivity index is 1.38. The van der Waals surface area contributed by atoms with Crippen LogP contribution in [0.4, 0.5) is 0 Å². The predicted molar refractivity (Wildman–Crippen MR) is 82.6 cm³/mol. The monoisotopic (exact) mass is 263 g/mol. The minimum Gasteiger partial charge on any atom is -0.312 e. The van der Waals surface area contributed by atoms with Crippen LogP contribution in [0.3, 0.4) is 0 Å². The van der Waals surface area contributed by atoms with Crippen molar-refractivity contribution in [1.82, 2.24) is 5.32 Å². The van der Waals surface area contributed by atoms with Gasteiger partial charge in [0.05, 0.1) is 0 Å². The van der Waals surface area contributed by atoms with Crippen LogP contribution in [-0.4, -0.2) is 6.54 Å². The molecular formula is C19H21N. The van der Waals surface area contributed by atoms with Gasteiger partial charge in [-0.2, -0.15) is 0 Å². The molecule has 1 fully saturated rings. The Morgan fingerprint density at radius 3 is 2.65 bits per heavy atom. The van der Waals surface area contributed by atoms with E-state index in [-0.39, 0.29) is 0 Å². The van der Waals surface area contributed by atoms with E-state index in [1.54, 1.807) is 11.1 Å². The average molecular weight is 263 g/mol. The lowest BCUT2D eigenvalue weighted by atomic mass is 9.55. The molecule has 1 heteroatoms. The van der Waals surface area contributed by atoms with E-state index in [9.17, 15) is 0 Å². The fourth-order valence-corrected chi connectivity index (χ4v) is 4.05. The molecule has 0 amide bonds. The van der Waals surface area contributed by atoms with Gasteiger partial charge in [0, 0.05) is 6.54 Å². The second kappa shape index (κ2) is 5.06. The standard InChI is InChI=1S/C19H21N/c1-2-6-14(7-3-1)12-20-13-19-16-10-15-8-4-5-9-17(15)18(19)11-16/h1-9,16,18-20H,10-13H2. The van der Waals surface area contributed by atoms with E-state index in [0.717, 1.165) is 24.3 Å². The van der Waals surface area contributed by atoms with Crippen LogP contribution >= 0.6 is 0 Å². The van der Waals surface area contributed by atoms with Gasteiger partial charge in [0.2, 0.25) is 0 Å². The van der Waals surface area contributed by atoms with Crippen LogP contribution < -0.4 is 5.32 Å². The SMILES string of the molecule is c1ccc(CNCC2C3Cc4ccccc4C2C3)cc1. The molecule has 0 radical (unpaired) electrons. The maximum atomic E-state index is 3.66. The minimum absolute atomic E-state index is 0.813.